The van der Waals surface area contributed by atoms with E-state index in [1.165, 1.54) is 6.07 Å². The number of carbonyl (C=O) groups excluding carboxylic acids is 2. The fourth-order valence-electron chi connectivity index (χ4n) is 4.38. The number of halogens is 4. The minimum atomic E-state index is -0.468. The van der Waals surface area contributed by atoms with Gasteiger partial charge in [-0.3, -0.25) is 9.59 Å². The van der Waals surface area contributed by atoms with Crippen LogP contribution in [0, 0.1) is 11.2 Å². The van der Waals surface area contributed by atoms with E-state index in [0.717, 1.165) is 24.8 Å². The van der Waals surface area contributed by atoms with Crippen molar-refractivity contribution in [3.05, 3.63) is 46.6 Å². The van der Waals surface area contributed by atoms with Crippen molar-refractivity contribution in [2.24, 2.45) is 5.41 Å². The first kappa shape index (κ1) is 34.5. The van der Waals surface area contributed by atoms with Crippen molar-refractivity contribution in [1.82, 2.24) is 20.2 Å². The molecule has 1 aliphatic carbocycles. The van der Waals surface area contributed by atoms with Crippen molar-refractivity contribution in [1.29, 1.82) is 0 Å². The summed E-state index contributed by atoms with van der Waals surface area (Å²) >= 11 is 6.01. The quantitative estimate of drug-likeness (QED) is 0.304. The monoisotopic (exact) mass is 679 g/mol. The molecule has 2 atom stereocenters. The largest absolute Gasteiger partial charge is 0.353 e. The molecule has 38 heavy (non-hydrogen) atoms. The molecular formula is C27H41Br2ClFN5O2. The zero-order valence-electron chi connectivity index (χ0n) is 23.0. The Morgan fingerprint density at radius 2 is 1.89 bits per heavy atom. The second-order valence-corrected chi connectivity index (χ2v) is 11.8. The number of hydrogen-bond donors (Lipinski definition) is 3. The molecule has 214 valence electrons. The van der Waals surface area contributed by atoms with Crippen molar-refractivity contribution in [2.45, 2.75) is 91.3 Å². The molecule has 0 radical (unpaired) electrons. The van der Waals surface area contributed by atoms with Crippen LogP contribution in [0.3, 0.4) is 0 Å². The minimum Gasteiger partial charge on any atom is -0.353 e. The summed E-state index contributed by atoms with van der Waals surface area (Å²) in [5, 5.41) is 9.78. The molecule has 7 nitrogen and oxygen atoms in total. The third kappa shape index (κ3) is 9.03. The highest BCUT2D eigenvalue weighted by atomic mass is 79.9. The van der Waals surface area contributed by atoms with Gasteiger partial charge >= 0.3 is 0 Å². The van der Waals surface area contributed by atoms with Gasteiger partial charge in [-0.05, 0) is 62.8 Å². The van der Waals surface area contributed by atoms with E-state index in [-0.39, 0.29) is 57.6 Å². The molecule has 0 saturated carbocycles. The van der Waals surface area contributed by atoms with Crippen LogP contribution in [0.1, 0.15) is 71.9 Å². The van der Waals surface area contributed by atoms with Gasteiger partial charge in [-0.25, -0.2) is 9.37 Å². The van der Waals surface area contributed by atoms with Gasteiger partial charge in [0.15, 0.2) is 5.82 Å². The topological polar surface area (TPSA) is 88.0 Å². The maximum Gasteiger partial charge on any atom is 0.242 e. The Morgan fingerprint density at radius 3 is 2.53 bits per heavy atom. The average Bonchev–Trinajstić information content (AvgIpc) is 3.26. The van der Waals surface area contributed by atoms with Crippen molar-refractivity contribution in [3.63, 3.8) is 0 Å². The van der Waals surface area contributed by atoms with Gasteiger partial charge in [0.25, 0.3) is 0 Å². The highest BCUT2D eigenvalue weighted by Crippen LogP contribution is 2.28. The molecule has 1 aromatic heterocycles. The van der Waals surface area contributed by atoms with Gasteiger partial charge in [-0.2, -0.15) is 0 Å². The van der Waals surface area contributed by atoms with Crippen LogP contribution in [0.15, 0.2) is 24.7 Å². The number of rotatable bonds is 9. The molecule has 2 amide bonds. The Morgan fingerprint density at radius 1 is 1.21 bits per heavy atom. The Kier molecular flexibility index (Phi) is 12.9. The molecular weight excluding hydrogens is 641 g/mol. The zero-order valence-corrected chi connectivity index (χ0v) is 27.2. The highest BCUT2D eigenvalue weighted by Gasteiger charge is 2.29. The van der Waals surface area contributed by atoms with Crippen LogP contribution in [0.5, 0.6) is 0 Å². The lowest BCUT2D eigenvalue weighted by Gasteiger charge is -2.30. The molecule has 0 saturated heterocycles. The van der Waals surface area contributed by atoms with Gasteiger partial charge in [0.2, 0.25) is 11.8 Å². The van der Waals surface area contributed by atoms with E-state index in [9.17, 15) is 14.0 Å². The summed E-state index contributed by atoms with van der Waals surface area (Å²) in [6, 6.07) is 2.77. The Bertz CT molecular complexity index is 1100. The van der Waals surface area contributed by atoms with Crippen LogP contribution in [0.25, 0.3) is 0 Å². The number of fused-ring (bicyclic) bond motifs is 1. The van der Waals surface area contributed by atoms with Gasteiger partial charge in [0.1, 0.15) is 5.82 Å². The number of benzene rings is 1. The molecule has 3 N–H and O–H groups in total. The maximum atomic E-state index is 14.5. The number of nitrogens with one attached hydrogen (secondary N) is 3. The molecule has 1 unspecified atom stereocenters. The van der Waals surface area contributed by atoms with E-state index in [1.54, 1.807) is 12.5 Å². The van der Waals surface area contributed by atoms with E-state index < -0.39 is 17.0 Å². The molecule has 0 spiro atoms. The third-order valence-corrected chi connectivity index (χ3v) is 6.91. The molecule has 11 heteroatoms. The van der Waals surface area contributed by atoms with Gasteiger partial charge in [-0.15, -0.1) is 34.0 Å². The number of hydrogen-bond acceptors (Lipinski definition) is 4. The minimum absolute atomic E-state index is 0. The number of amides is 2. The summed E-state index contributed by atoms with van der Waals surface area (Å²) in [5.74, 6) is -0.0190. The van der Waals surface area contributed by atoms with E-state index in [1.807, 2.05) is 52.2 Å². The van der Waals surface area contributed by atoms with E-state index in [2.05, 4.69) is 20.9 Å². The van der Waals surface area contributed by atoms with Gasteiger partial charge < -0.3 is 20.5 Å². The van der Waals surface area contributed by atoms with Crippen molar-refractivity contribution < 1.29 is 14.0 Å². The Hall–Kier alpha value is -1.49. The number of nitrogens with zero attached hydrogens (tertiary/aromatic N) is 2. The molecule has 2 aromatic rings. The number of imidazole rings is 1. The molecule has 1 heterocycles. The molecule has 3 rings (SSSR count). The van der Waals surface area contributed by atoms with Crippen LogP contribution in [-0.4, -0.2) is 40.0 Å². The average molecular weight is 682 g/mol. The summed E-state index contributed by atoms with van der Waals surface area (Å²) in [7, 11) is 0. The first-order valence-corrected chi connectivity index (χ1v) is 13.0. The Balaban J connectivity index is 0.00000361. The van der Waals surface area contributed by atoms with Crippen molar-refractivity contribution >= 4 is 63.2 Å². The lowest BCUT2D eigenvalue weighted by Crippen LogP contribution is -2.48. The van der Waals surface area contributed by atoms with Crippen LogP contribution >= 0.6 is 45.6 Å². The molecule has 0 bridgehead atoms. The fraction of sp³-hybridized carbons (Fsp3) is 0.593. The lowest BCUT2D eigenvalue weighted by molar-refractivity contribution is -0.128. The van der Waals surface area contributed by atoms with E-state index in [4.69, 9.17) is 11.6 Å². The predicted octanol–water partition coefficient (Wildman–Crippen LogP) is 5.98. The van der Waals surface area contributed by atoms with Crippen molar-refractivity contribution in [3.8, 4) is 0 Å². The van der Waals surface area contributed by atoms with Gasteiger partial charge in [-0.1, -0.05) is 45.7 Å². The van der Waals surface area contributed by atoms with Crippen molar-refractivity contribution in [2.75, 3.05) is 11.9 Å². The van der Waals surface area contributed by atoms with Crippen LogP contribution < -0.4 is 16.0 Å². The number of aryl methyl sites for hydroxylation is 1. The fourth-order valence-corrected chi connectivity index (χ4v) is 4.60. The molecule has 0 fully saturated rings. The summed E-state index contributed by atoms with van der Waals surface area (Å²) in [4.78, 5) is 29.8. The molecule has 1 aromatic carbocycles. The standard InChI is InChI=1S/C27H39ClFN5O2.2BrH/c1-7-8-22(32-19-10-9-17-11-18(28)12-21(29)20(17)13-19)24(35)33-23-14-34(16-31-23)27(5,6)15-30-25(36)26(2,3)4;;/h11-12,14,16,19,22,32H,7-10,13,15H2,1-6H3,(H,30,36)(H,33,35);2*1H/t19-,22?;;/m0../s1. The predicted molar refractivity (Wildman–Crippen MR) is 162 cm³/mol. The summed E-state index contributed by atoms with van der Waals surface area (Å²) in [5.41, 5.74) is 0.727. The molecule has 1 aliphatic rings. The second kappa shape index (κ2) is 14.2. The summed E-state index contributed by atoms with van der Waals surface area (Å²) in [6.45, 7) is 12.1. The number of carbonyl (C=O) groups is 2. The lowest BCUT2D eigenvalue weighted by atomic mass is 9.87. The summed E-state index contributed by atoms with van der Waals surface area (Å²) < 4.78 is 16.4. The smallest absolute Gasteiger partial charge is 0.242 e. The molecule has 0 aliphatic heterocycles. The first-order valence-electron chi connectivity index (χ1n) is 12.7. The maximum absolute atomic E-state index is 14.5. The van der Waals surface area contributed by atoms with Crippen LogP contribution in [0.2, 0.25) is 5.02 Å². The zero-order chi connectivity index (χ0) is 26.7. The second-order valence-electron chi connectivity index (χ2n) is 11.4. The normalized spacial score (nSPS) is 15.9. The van der Waals surface area contributed by atoms with Gasteiger partial charge in [0, 0.05) is 29.2 Å². The van der Waals surface area contributed by atoms with Gasteiger partial charge in [0.05, 0.1) is 17.9 Å². The first-order chi connectivity index (χ1) is 16.8. The number of aromatic nitrogens is 2. The SMILES string of the molecule is Br.Br.CCCC(N[C@H]1CCc2cc(Cl)cc(F)c2C1)C(=O)Nc1cn(C(C)(C)CNC(=O)C(C)(C)C)cn1. The van der Waals surface area contributed by atoms with E-state index in [0.29, 0.717) is 35.8 Å². The highest BCUT2D eigenvalue weighted by molar-refractivity contribution is 8.93. The van der Waals surface area contributed by atoms with E-state index >= 15 is 0 Å². The third-order valence-electron chi connectivity index (χ3n) is 6.69. The summed E-state index contributed by atoms with van der Waals surface area (Å²) in [6.07, 6.45) is 6.97. The number of anilines is 1. The van der Waals surface area contributed by atoms with Crippen LogP contribution in [0.4, 0.5) is 10.2 Å². The van der Waals surface area contributed by atoms with Crippen LogP contribution in [-0.2, 0) is 28.0 Å². The Labute approximate surface area is 251 Å².